The number of aromatic nitrogens is 2. The van der Waals surface area contributed by atoms with Gasteiger partial charge in [0.05, 0.1) is 6.20 Å². The number of hydrogen-bond donors (Lipinski definition) is 0. The molecule has 0 bridgehead atoms. The van der Waals surface area contributed by atoms with E-state index in [0.717, 1.165) is 18.8 Å². The van der Waals surface area contributed by atoms with Crippen molar-refractivity contribution in [1.82, 2.24) is 9.55 Å². The quantitative estimate of drug-likeness (QED) is 0.756. The summed E-state index contributed by atoms with van der Waals surface area (Å²) in [6, 6.07) is 0.404. The first-order valence-electron chi connectivity index (χ1n) is 7.29. The van der Waals surface area contributed by atoms with Gasteiger partial charge in [0.25, 0.3) is 5.56 Å². The van der Waals surface area contributed by atoms with Gasteiger partial charge < -0.3 is 4.57 Å². The third-order valence-electron chi connectivity index (χ3n) is 3.13. The fourth-order valence-electron chi connectivity index (χ4n) is 2.18. The third-order valence-corrected chi connectivity index (χ3v) is 3.13. The Labute approximate surface area is 111 Å². The van der Waals surface area contributed by atoms with E-state index < -0.39 is 0 Å². The second-order valence-electron chi connectivity index (χ2n) is 4.24. The van der Waals surface area contributed by atoms with Crippen LogP contribution in [0.15, 0.2) is 23.4 Å². The topological polar surface area (TPSA) is 34.9 Å². The van der Waals surface area contributed by atoms with Crippen molar-refractivity contribution in [3.05, 3.63) is 28.9 Å². The van der Waals surface area contributed by atoms with Gasteiger partial charge in [0.1, 0.15) is 0 Å². The third kappa shape index (κ3) is 5.03. The van der Waals surface area contributed by atoms with Crippen molar-refractivity contribution < 1.29 is 0 Å². The summed E-state index contributed by atoms with van der Waals surface area (Å²) < 4.78 is 1.83. The van der Waals surface area contributed by atoms with Gasteiger partial charge in [0.15, 0.2) is 0 Å². The summed E-state index contributed by atoms with van der Waals surface area (Å²) in [5, 5.41) is 0. The van der Waals surface area contributed by atoms with Crippen molar-refractivity contribution >= 4 is 0 Å². The van der Waals surface area contributed by atoms with Crippen LogP contribution in [0.4, 0.5) is 0 Å². The first-order valence-corrected chi connectivity index (χ1v) is 7.29. The Bertz CT molecular complexity index is 352. The number of rotatable bonds is 1. The minimum atomic E-state index is 0.0343. The van der Waals surface area contributed by atoms with E-state index in [1.54, 1.807) is 6.20 Å². The second-order valence-corrected chi connectivity index (χ2v) is 4.24. The Kier molecular flexibility index (Phi) is 9.25. The molecule has 0 N–H and O–H groups in total. The smallest absolute Gasteiger partial charge is 0.269 e. The van der Waals surface area contributed by atoms with Gasteiger partial charge in [-0.1, -0.05) is 34.6 Å². The summed E-state index contributed by atoms with van der Waals surface area (Å²) in [7, 11) is 0. The average molecular weight is 252 g/mol. The van der Waals surface area contributed by atoms with E-state index in [9.17, 15) is 4.79 Å². The highest BCUT2D eigenvalue weighted by Gasteiger charge is 2.19. The Balaban J connectivity index is 0.000000659. The van der Waals surface area contributed by atoms with Crippen LogP contribution >= 0.6 is 0 Å². The lowest BCUT2D eigenvalue weighted by Crippen LogP contribution is -2.26. The zero-order valence-corrected chi connectivity index (χ0v) is 12.5. The first kappa shape index (κ1) is 16.9. The zero-order chi connectivity index (χ0) is 14.0. The second kappa shape index (κ2) is 9.86. The Hall–Kier alpha value is -1.12. The molecular weight excluding hydrogens is 224 g/mol. The Morgan fingerprint density at radius 2 is 1.67 bits per heavy atom. The highest BCUT2D eigenvalue weighted by molar-refractivity contribution is 4.86. The molecule has 1 aromatic heterocycles. The van der Waals surface area contributed by atoms with E-state index in [2.05, 4.69) is 11.9 Å². The summed E-state index contributed by atoms with van der Waals surface area (Å²) in [4.78, 5) is 15.3. The summed E-state index contributed by atoms with van der Waals surface area (Å²) >= 11 is 0. The molecular formula is C15H28N2O. The molecule has 2 rings (SSSR count). The molecule has 0 saturated heterocycles. The highest BCUT2D eigenvalue weighted by Crippen LogP contribution is 2.30. The van der Waals surface area contributed by atoms with Crippen molar-refractivity contribution in [3.63, 3.8) is 0 Å². The Morgan fingerprint density at radius 3 is 2.17 bits per heavy atom. The zero-order valence-electron chi connectivity index (χ0n) is 12.5. The maximum absolute atomic E-state index is 11.5. The van der Waals surface area contributed by atoms with E-state index in [4.69, 9.17) is 0 Å². The maximum Gasteiger partial charge on any atom is 0.269 e. The summed E-state index contributed by atoms with van der Waals surface area (Å²) in [6.07, 6.45) is 9.63. The van der Waals surface area contributed by atoms with Crippen LogP contribution < -0.4 is 5.56 Å². The molecule has 1 heterocycles. The highest BCUT2D eigenvalue weighted by atomic mass is 16.1. The van der Waals surface area contributed by atoms with E-state index >= 15 is 0 Å². The van der Waals surface area contributed by atoms with Crippen molar-refractivity contribution in [3.8, 4) is 0 Å². The lowest BCUT2D eigenvalue weighted by Gasteiger charge is -2.27. The van der Waals surface area contributed by atoms with Crippen molar-refractivity contribution in [2.24, 2.45) is 5.92 Å². The van der Waals surface area contributed by atoms with Gasteiger partial charge in [-0.2, -0.15) is 0 Å². The van der Waals surface area contributed by atoms with Gasteiger partial charge in [0, 0.05) is 18.4 Å². The largest absolute Gasteiger partial charge is 0.310 e. The monoisotopic (exact) mass is 252 g/mol. The lowest BCUT2D eigenvalue weighted by molar-refractivity contribution is 0.284. The van der Waals surface area contributed by atoms with Gasteiger partial charge in [-0.25, -0.2) is 0 Å². The molecule has 104 valence electrons. The van der Waals surface area contributed by atoms with Crippen LogP contribution in [0.5, 0.6) is 0 Å². The summed E-state index contributed by atoms with van der Waals surface area (Å²) in [5.74, 6) is 0.823. The van der Waals surface area contributed by atoms with Gasteiger partial charge in [-0.15, -0.1) is 0 Å². The molecule has 1 aliphatic rings. The van der Waals surface area contributed by atoms with Crippen LogP contribution in [-0.2, 0) is 0 Å². The van der Waals surface area contributed by atoms with E-state index in [1.807, 2.05) is 38.5 Å². The molecule has 0 atom stereocenters. The van der Waals surface area contributed by atoms with Crippen LogP contribution in [0, 0.1) is 5.92 Å². The molecule has 1 aromatic rings. The molecule has 3 heteroatoms. The fourth-order valence-corrected chi connectivity index (χ4v) is 2.18. The minimum Gasteiger partial charge on any atom is -0.310 e. The average Bonchev–Trinajstić information content (AvgIpc) is 2.45. The molecule has 18 heavy (non-hydrogen) atoms. The molecule has 0 unspecified atom stereocenters. The predicted octanol–water partition coefficient (Wildman–Crippen LogP) is 4.05. The van der Waals surface area contributed by atoms with E-state index in [1.165, 1.54) is 19.0 Å². The molecule has 1 aliphatic carbocycles. The number of hydrogen-bond acceptors (Lipinski definition) is 2. The first-order chi connectivity index (χ1) is 8.77. The summed E-state index contributed by atoms with van der Waals surface area (Å²) in [5.41, 5.74) is 0.0343. The normalized spacial score (nSPS) is 22.1. The van der Waals surface area contributed by atoms with Crippen LogP contribution in [0.25, 0.3) is 0 Å². The van der Waals surface area contributed by atoms with Crippen molar-refractivity contribution in [2.75, 3.05) is 0 Å². The lowest BCUT2D eigenvalue weighted by atomic mass is 9.87. The minimum absolute atomic E-state index is 0.0343. The van der Waals surface area contributed by atoms with Gasteiger partial charge in [-0.3, -0.25) is 9.78 Å². The molecule has 0 spiro atoms. The van der Waals surface area contributed by atoms with Crippen LogP contribution in [0.3, 0.4) is 0 Å². The van der Waals surface area contributed by atoms with E-state index in [0.29, 0.717) is 6.04 Å². The standard InChI is InChI=1S/C11H16N2O.2C2H6/c1-9-2-4-10(5-3-9)13-7-6-12-8-11(13)14;2*1-2/h6-10H,2-5H2,1H3;2*1-2H3. The van der Waals surface area contributed by atoms with Gasteiger partial charge in [-0.05, 0) is 31.6 Å². The molecule has 1 saturated carbocycles. The SMILES string of the molecule is CC.CC.CC1CCC(n2ccncc2=O)CC1. The van der Waals surface area contributed by atoms with Crippen molar-refractivity contribution in [1.29, 1.82) is 0 Å². The Morgan fingerprint density at radius 1 is 1.11 bits per heavy atom. The van der Waals surface area contributed by atoms with Gasteiger partial charge in [0.2, 0.25) is 0 Å². The molecule has 1 fully saturated rings. The molecule has 0 amide bonds. The fraction of sp³-hybridized carbons (Fsp3) is 0.733. The number of nitrogens with zero attached hydrogens (tertiary/aromatic N) is 2. The van der Waals surface area contributed by atoms with Gasteiger partial charge >= 0.3 is 0 Å². The van der Waals surface area contributed by atoms with Crippen molar-refractivity contribution in [2.45, 2.75) is 66.3 Å². The van der Waals surface area contributed by atoms with Crippen LogP contribution in [0.2, 0.25) is 0 Å². The van der Waals surface area contributed by atoms with E-state index in [-0.39, 0.29) is 5.56 Å². The van der Waals surface area contributed by atoms with Crippen LogP contribution in [0.1, 0.15) is 66.3 Å². The molecule has 3 nitrogen and oxygen atoms in total. The predicted molar refractivity (Wildman–Crippen MR) is 77.9 cm³/mol. The summed E-state index contributed by atoms with van der Waals surface area (Å²) in [6.45, 7) is 10.3. The maximum atomic E-state index is 11.5. The molecule has 0 aliphatic heterocycles. The molecule has 0 aromatic carbocycles. The molecule has 0 radical (unpaired) electrons. The van der Waals surface area contributed by atoms with Crippen LogP contribution in [-0.4, -0.2) is 9.55 Å².